The molecule has 7 heteroatoms. The molecule has 0 fully saturated rings. The summed E-state index contributed by atoms with van der Waals surface area (Å²) < 4.78 is 42.1. The van der Waals surface area contributed by atoms with Crippen LogP contribution in [0.15, 0.2) is 12.1 Å². The van der Waals surface area contributed by atoms with E-state index in [1.165, 1.54) is 0 Å². The highest BCUT2D eigenvalue weighted by atomic mass is 35.5. The number of alkyl halides is 3. The number of benzene rings is 1. The number of nitrogens with two attached hydrogens (primary N) is 1. The van der Waals surface area contributed by atoms with E-state index in [-0.39, 0.29) is 22.9 Å². The molecule has 0 aliphatic rings. The summed E-state index contributed by atoms with van der Waals surface area (Å²) in [6.07, 6.45) is -4.55. The van der Waals surface area contributed by atoms with Crippen LogP contribution in [0.1, 0.15) is 15.9 Å². The van der Waals surface area contributed by atoms with E-state index >= 15 is 0 Å². The molecule has 0 aliphatic heterocycles. The predicted octanol–water partition coefficient (Wildman–Crippen LogP) is 2.51. The zero-order chi connectivity index (χ0) is 13.2. The first-order chi connectivity index (χ1) is 7.81. The zero-order valence-corrected chi connectivity index (χ0v) is 9.52. The molecule has 0 bridgehead atoms. The van der Waals surface area contributed by atoms with Crippen LogP contribution in [-0.4, -0.2) is 19.4 Å². The normalized spacial score (nSPS) is 11.4. The van der Waals surface area contributed by atoms with Gasteiger partial charge in [0.25, 0.3) is 0 Å². The summed E-state index contributed by atoms with van der Waals surface area (Å²) in [7, 11) is 1.15. The van der Waals surface area contributed by atoms with Gasteiger partial charge in [0, 0.05) is 0 Å². The molecule has 3 nitrogen and oxygen atoms in total. The van der Waals surface area contributed by atoms with Crippen molar-refractivity contribution in [3.8, 4) is 5.75 Å². The highest BCUT2D eigenvalue weighted by Gasteiger charge is 2.33. The van der Waals surface area contributed by atoms with Gasteiger partial charge < -0.3 is 10.5 Å². The van der Waals surface area contributed by atoms with Crippen LogP contribution in [0.5, 0.6) is 5.75 Å². The molecule has 0 heterocycles. The number of carbonyl (C=O) groups is 1. The van der Waals surface area contributed by atoms with E-state index in [0.29, 0.717) is 6.07 Å². The van der Waals surface area contributed by atoms with Crippen LogP contribution in [-0.2, 0) is 6.18 Å². The topological polar surface area (TPSA) is 52.3 Å². The Kier molecular flexibility index (Phi) is 4.00. The predicted molar refractivity (Wildman–Crippen MR) is 56.4 cm³/mol. The second kappa shape index (κ2) is 4.93. The molecule has 17 heavy (non-hydrogen) atoms. The van der Waals surface area contributed by atoms with E-state index in [1.54, 1.807) is 0 Å². The smallest absolute Gasteiger partial charge is 0.416 e. The molecule has 0 saturated heterocycles. The lowest BCUT2D eigenvalue weighted by Crippen LogP contribution is -2.16. The van der Waals surface area contributed by atoms with Gasteiger partial charge >= 0.3 is 6.18 Å². The van der Waals surface area contributed by atoms with Crippen molar-refractivity contribution in [2.45, 2.75) is 6.18 Å². The molecular formula is C10H9ClF3NO2. The molecule has 0 aromatic heterocycles. The minimum absolute atomic E-state index is 0.135. The van der Waals surface area contributed by atoms with Crippen LogP contribution >= 0.6 is 11.6 Å². The van der Waals surface area contributed by atoms with E-state index in [9.17, 15) is 18.0 Å². The Balaban J connectivity index is 3.41. The Morgan fingerprint density at radius 3 is 2.47 bits per heavy atom. The summed E-state index contributed by atoms with van der Waals surface area (Å²) in [5, 5.41) is -0.327. The monoisotopic (exact) mass is 267 g/mol. The number of hydrogen-bond acceptors (Lipinski definition) is 3. The van der Waals surface area contributed by atoms with Gasteiger partial charge in [-0.1, -0.05) is 11.6 Å². The summed E-state index contributed by atoms with van der Waals surface area (Å²) >= 11 is 5.64. The van der Waals surface area contributed by atoms with Crippen molar-refractivity contribution in [3.63, 3.8) is 0 Å². The Morgan fingerprint density at radius 1 is 1.47 bits per heavy atom. The quantitative estimate of drug-likeness (QED) is 0.856. The highest BCUT2D eigenvalue weighted by molar-refractivity contribution is 6.34. The van der Waals surface area contributed by atoms with Gasteiger partial charge in [-0.15, -0.1) is 0 Å². The molecule has 1 aromatic carbocycles. The van der Waals surface area contributed by atoms with Gasteiger partial charge in [-0.25, -0.2) is 0 Å². The third-order valence-electron chi connectivity index (χ3n) is 2.07. The van der Waals surface area contributed by atoms with E-state index in [1.807, 2.05) is 0 Å². The average molecular weight is 268 g/mol. The van der Waals surface area contributed by atoms with Crippen LogP contribution < -0.4 is 10.5 Å². The number of rotatable bonds is 3. The van der Waals surface area contributed by atoms with Crippen LogP contribution in [0.4, 0.5) is 13.2 Å². The second-order valence-electron chi connectivity index (χ2n) is 3.16. The number of methoxy groups -OCH3 is 1. The summed E-state index contributed by atoms with van der Waals surface area (Å²) in [6.45, 7) is -0.360. The number of hydrogen-bond donors (Lipinski definition) is 1. The molecule has 0 saturated carbocycles. The van der Waals surface area contributed by atoms with Crippen molar-refractivity contribution in [2.75, 3.05) is 13.7 Å². The Bertz CT molecular complexity index is 446. The average Bonchev–Trinajstić information content (AvgIpc) is 2.25. The largest absolute Gasteiger partial charge is 0.496 e. The van der Waals surface area contributed by atoms with E-state index in [0.717, 1.165) is 13.2 Å². The molecule has 1 rings (SSSR count). The van der Waals surface area contributed by atoms with Gasteiger partial charge in [0.05, 0.1) is 29.8 Å². The maximum atomic E-state index is 12.5. The summed E-state index contributed by atoms with van der Waals surface area (Å²) in [6, 6.07) is 1.39. The maximum Gasteiger partial charge on any atom is 0.416 e. The zero-order valence-electron chi connectivity index (χ0n) is 8.77. The molecule has 0 spiro atoms. The second-order valence-corrected chi connectivity index (χ2v) is 3.57. The van der Waals surface area contributed by atoms with Crippen molar-refractivity contribution in [2.24, 2.45) is 5.73 Å². The molecule has 1 aromatic rings. The van der Waals surface area contributed by atoms with Gasteiger partial charge in [0.15, 0.2) is 5.78 Å². The minimum atomic E-state index is -4.55. The first-order valence-corrected chi connectivity index (χ1v) is 4.87. The maximum absolute atomic E-state index is 12.5. The van der Waals surface area contributed by atoms with E-state index in [4.69, 9.17) is 22.1 Å². The molecule has 0 atom stereocenters. The lowest BCUT2D eigenvalue weighted by molar-refractivity contribution is -0.137. The molecule has 0 radical (unpaired) electrons. The highest BCUT2D eigenvalue weighted by Crippen LogP contribution is 2.37. The third kappa shape index (κ3) is 2.89. The van der Waals surface area contributed by atoms with Gasteiger partial charge in [-0.3, -0.25) is 4.79 Å². The Labute approximate surface area is 100 Å². The number of ketones is 1. The fraction of sp³-hybridized carbons (Fsp3) is 0.300. The van der Waals surface area contributed by atoms with Crippen molar-refractivity contribution >= 4 is 17.4 Å². The van der Waals surface area contributed by atoms with E-state index in [2.05, 4.69) is 0 Å². The summed E-state index contributed by atoms with van der Waals surface area (Å²) in [5.41, 5.74) is 4.02. The fourth-order valence-electron chi connectivity index (χ4n) is 1.28. The number of ether oxygens (including phenoxy) is 1. The lowest BCUT2D eigenvalue weighted by Gasteiger charge is -2.13. The van der Waals surface area contributed by atoms with Crippen molar-refractivity contribution in [1.29, 1.82) is 0 Å². The summed E-state index contributed by atoms with van der Waals surface area (Å²) in [5.74, 6) is -0.819. The SMILES string of the molecule is COc1cc(C(F)(F)F)cc(Cl)c1C(=O)CN. The molecule has 94 valence electrons. The van der Waals surface area contributed by atoms with Gasteiger partial charge in [0.1, 0.15) is 5.75 Å². The number of carbonyl (C=O) groups excluding carboxylic acids is 1. The van der Waals surface area contributed by atoms with E-state index < -0.39 is 17.5 Å². The fourth-order valence-corrected chi connectivity index (χ4v) is 1.59. The first-order valence-electron chi connectivity index (χ1n) is 4.49. The molecule has 0 aliphatic carbocycles. The molecule has 0 unspecified atom stereocenters. The van der Waals surface area contributed by atoms with Crippen LogP contribution in [0.2, 0.25) is 5.02 Å². The molecule has 0 amide bonds. The van der Waals surface area contributed by atoms with Crippen LogP contribution in [0, 0.1) is 0 Å². The van der Waals surface area contributed by atoms with Crippen LogP contribution in [0.3, 0.4) is 0 Å². The van der Waals surface area contributed by atoms with Crippen molar-refractivity contribution in [1.82, 2.24) is 0 Å². The van der Waals surface area contributed by atoms with Gasteiger partial charge in [0.2, 0.25) is 0 Å². The third-order valence-corrected chi connectivity index (χ3v) is 2.36. The molecule has 2 N–H and O–H groups in total. The Morgan fingerprint density at radius 2 is 2.06 bits per heavy atom. The Hall–Kier alpha value is -1.27. The number of halogens is 4. The van der Waals surface area contributed by atoms with Crippen molar-refractivity contribution in [3.05, 3.63) is 28.3 Å². The minimum Gasteiger partial charge on any atom is -0.496 e. The van der Waals surface area contributed by atoms with Gasteiger partial charge in [-0.2, -0.15) is 13.2 Å². The van der Waals surface area contributed by atoms with Gasteiger partial charge in [-0.05, 0) is 12.1 Å². The standard InChI is InChI=1S/C10H9ClF3NO2/c1-17-8-3-5(10(12,13)14)2-6(11)9(8)7(16)4-15/h2-3H,4,15H2,1H3. The van der Waals surface area contributed by atoms with Crippen molar-refractivity contribution < 1.29 is 22.7 Å². The summed E-state index contributed by atoms with van der Waals surface area (Å²) in [4.78, 5) is 11.4. The lowest BCUT2D eigenvalue weighted by atomic mass is 10.1. The first kappa shape index (κ1) is 13.8. The van der Waals surface area contributed by atoms with Crippen LogP contribution in [0.25, 0.3) is 0 Å². The number of Topliss-reactive ketones (excluding diaryl/α,β-unsaturated/α-hetero) is 1. The molecular weight excluding hydrogens is 259 g/mol.